The molecule has 1 rings (SSSR count). The van der Waals surface area contributed by atoms with Crippen LogP contribution in [-0.4, -0.2) is 12.6 Å². The van der Waals surface area contributed by atoms with E-state index in [0.717, 1.165) is 0 Å². The van der Waals surface area contributed by atoms with Crippen molar-refractivity contribution < 1.29 is 0 Å². The second kappa shape index (κ2) is 5.16. The number of nitrogens with two attached hydrogens (primary N) is 1. The summed E-state index contributed by atoms with van der Waals surface area (Å²) < 4.78 is 0. The molecule has 2 atom stereocenters. The van der Waals surface area contributed by atoms with Crippen LogP contribution in [0.3, 0.4) is 0 Å². The van der Waals surface area contributed by atoms with Gasteiger partial charge in [-0.2, -0.15) is 0 Å². The fraction of sp³-hybridized carbons (Fsp3) is 0.455. The van der Waals surface area contributed by atoms with Gasteiger partial charge in [0.15, 0.2) is 0 Å². The van der Waals surface area contributed by atoms with E-state index in [0.29, 0.717) is 6.54 Å². The Labute approximate surface area is 89.5 Å². The van der Waals surface area contributed by atoms with E-state index in [-0.39, 0.29) is 12.1 Å². The van der Waals surface area contributed by atoms with Crippen LogP contribution < -0.4 is 11.1 Å². The predicted molar refractivity (Wildman–Crippen MR) is 62.3 cm³/mol. The van der Waals surface area contributed by atoms with Crippen LogP contribution in [0.2, 0.25) is 0 Å². The van der Waals surface area contributed by atoms with E-state index in [1.54, 1.807) is 11.3 Å². The molecule has 0 saturated carbocycles. The standard InChI is InChI=1S/C11H16N2S/c1-4-8(2)13-10(7-12)11-6-5-9(3)14-11/h1,5-6,8,10,13H,7,12H2,2-3H3. The number of hydrogen-bond acceptors (Lipinski definition) is 3. The zero-order chi connectivity index (χ0) is 10.6. The molecule has 0 bridgehead atoms. The Morgan fingerprint density at radius 1 is 1.64 bits per heavy atom. The van der Waals surface area contributed by atoms with E-state index in [2.05, 4.69) is 30.3 Å². The maximum atomic E-state index is 5.69. The highest BCUT2D eigenvalue weighted by molar-refractivity contribution is 7.12. The number of aryl methyl sites for hydroxylation is 1. The molecule has 0 fully saturated rings. The summed E-state index contributed by atoms with van der Waals surface area (Å²) in [5.41, 5.74) is 5.69. The maximum Gasteiger partial charge on any atom is 0.0663 e. The Morgan fingerprint density at radius 3 is 2.79 bits per heavy atom. The Hall–Kier alpha value is -0.820. The molecule has 0 spiro atoms. The predicted octanol–water partition coefficient (Wildman–Crippen LogP) is 1.67. The average Bonchev–Trinajstić information content (AvgIpc) is 2.60. The first-order valence-electron chi connectivity index (χ1n) is 4.66. The van der Waals surface area contributed by atoms with Crippen molar-refractivity contribution >= 4 is 11.3 Å². The van der Waals surface area contributed by atoms with Gasteiger partial charge in [0.05, 0.1) is 12.1 Å². The first kappa shape index (κ1) is 11.3. The van der Waals surface area contributed by atoms with Crippen molar-refractivity contribution in [2.24, 2.45) is 5.73 Å². The third-order valence-corrected chi connectivity index (χ3v) is 3.16. The Morgan fingerprint density at radius 2 is 2.36 bits per heavy atom. The summed E-state index contributed by atoms with van der Waals surface area (Å²) >= 11 is 1.76. The van der Waals surface area contributed by atoms with Gasteiger partial charge in [0, 0.05) is 16.3 Å². The van der Waals surface area contributed by atoms with Gasteiger partial charge in [0.25, 0.3) is 0 Å². The summed E-state index contributed by atoms with van der Waals surface area (Å²) in [7, 11) is 0. The normalized spacial score (nSPS) is 14.7. The summed E-state index contributed by atoms with van der Waals surface area (Å²) in [6.45, 7) is 4.63. The fourth-order valence-corrected chi connectivity index (χ4v) is 2.21. The van der Waals surface area contributed by atoms with E-state index in [9.17, 15) is 0 Å². The Kier molecular flexibility index (Phi) is 4.15. The first-order chi connectivity index (χ1) is 6.67. The average molecular weight is 208 g/mol. The van der Waals surface area contributed by atoms with E-state index in [4.69, 9.17) is 12.2 Å². The second-order valence-corrected chi connectivity index (χ2v) is 4.61. The smallest absolute Gasteiger partial charge is 0.0663 e. The first-order valence-corrected chi connectivity index (χ1v) is 5.47. The van der Waals surface area contributed by atoms with Crippen LogP contribution in [0.5, 0.6) is 0 Å². The Balaban J connectivity index is 2.68. The third kappa shape index (κ3) is 2.85. The summed E-state index contributed by atoms with van der Waals surface area (Å²) in [6, 6.07) is 4.45. The van der Waals surface area contributed by atoms with Crippen molar-refractivity contribution in [1.82, 2.24) is 5.32 Å². The quantitative estimate of drug-likeness (QED) is 0.739. The lowest BCUT2D eigenvalue weighted by atomic mass is 10.2. The lowest BCUT2D eigenvalue weighted by Gasteiger charge is -2.17. The lowest BCUT2D eigenvalue weighted by molar-refractivity contribution is 0.525. The lowest BCUT2D eigenvalue weighted by Crippen LogP contribution is -2.33. The largest absolute Gasteiger partial charge is 0.329 e. The van der Waals surface area contributed by atoms with E-state index in [1.165, 1.54) is 9.75 Å². The van der Waals surface area contributed by atoms with Crippen LogP contribution in [0.25, 0.3) is 0 Å². The molecule has 0 aliphatic carbocycles. The van der Waals surface area contributed by atoms with Crippen LogP contribution in [0.4, 0.5) is 0 Å². The highest BCUT2D eigenvalue weighted by atomic mass is 32.1. The molecule has 3 N–H and O–H groups in total. The summed E-state index contributed by atoms with van der Waals surface area (Å²) in [5, 5.41) is 3.30. The minimum Gasteiger partial charge on any atom is -0.329 e. The van der Waals surface area contributed by atoms with Gasteiger partial charge in [-0.1, -0.05) is 5.92 Å². The van der Waals surface area contributed by atoms with Gasteiger partial charge in [-0.15, -0.1) is 17.8 Å². The number of hydrogen-bond donors (Lipinski definition) is 2. The van der Waals surface area contributed by atoms with Crippen molar-refractivity contribution in [3.8, 4) is 12.3 Å². The molecule has 0 aliphatic heterocycles. The van der Waals surface area contributed by atoms with Gasteiger partial charge < -0.3 is 5.73 Å². The molecule has 0 aromatic carbocycles. The van der Waals surface area contributed by atoms with Crippen molar-refractivity contribution in [3.05, 3.63) is 21.9 Å². The van der Waals surface area contributed by atoms with Crippen molar-refractivity contribution in [2.45, 2.75) is 25.9 Å². The van der Waals surface area contributed by atoms with Crippen LogP contribution in [0.1, 0.15) is 22.7 Å². The van der Waals surface area contributed by atoms with Gasteiger partial charge in [-0.3, -0.25) is 5.32 Å². The molecule has 3 heteroatoms. The van der Waals surface area contributed by atoms with Gasteiger partial charge in [-0.05, 0) is 26.0 Å². The highest BCUT2D eigenvalue weighted by Crippen LogP contribution is 2.22. The number of nitrogens with one attached hydrogen (secondary N) is 1. The van der Waals surface area contributed by atoms with Crippen LogP contribution in [0, 0.1) is 19.3 Å². The highest BCUT2D eigenvalue weighted by Gasteiger charge is 2.12. The molecule has 0 radical (unpaired) electrons. The van der Waals surface area contributed by atoms with Gasteiger partial charge >= 0.3 is 0 Å². The van der Waals surface area contributed by atoms with Crippen LogP contribution in [0.15, 0.2) is 12.1 Å². The monoisotopic (exact) mass is 208 g/mol. The molecular formula is C11H16N2S. The van der Waals surface area contributed by atoms with Crippen molar-refractivity contribution in [1.29, 1.82) is 0 Å². The summed E-state index contributed by atoms with van der Waals surface area (Å²) in [6.07, 6.45) is 5.31. The van der Waals surface area contributed by atoms with Crippen LogP contribution >= 0.6 is 11.3 Å². The molecular weight excluding hydrogens is 192 g/mol. The van der Waals surface area contributed by atoms with Gasteiger partial charge in [0.1, 0.15) is 0 Å². The molecule has 2 unspecified atom stereocenters. The minimum absolute atomic E-state index is 0.0611. The fourth-order valence-electron chi connectivity index (χ4n) is 1.26. The topological polar surface area (TPSA) is 38.0 Å². The maximum absolute atomic E-state index is 5.69. The molecule has 76 valence electrons. The molecule has 1 heterocycles. The molecule has 1 aromatic heterocycles. The van der Waals surface area contributed by atoms with E-state index in [1.807, 2.05) is 6.92 Å². The molecule has 0 aliphatic rings. The van der Waals surface area contributed by atoms with Crippen molar-refractivity contribution in [2.75, 3.05) is 6.54 Å². The zero-order valence-corrected chi connectivity index (χ0v) is 9.40. The molecule has 1 aromatic rings. The zero-order valence-electron chi connectivity index (χ0n) is 8.58. The molecule has 2 nitrogen and oxygen atoms in total. The summed E-state index contributed by atoms with van der Waals surface area (Å²) in [4.78, 5) is 2.56. The number of thiophene rings is 1. The molecule has 0 amide bonds. The SMILES string of the molecule is C#CC(C)NC(CN)c1ccc(C)s1. The molecule has 0 saturated heterocycles. The Bertz CT molecular complexity index is 324. The number of rotatable bonds is 4. The van der Waals surface area contributed by atoms with Gasteiger partial charge in [0.2, 0.25) is 0 Å². The van der Waals surface area contributed by atoms with E-state index < -0.39 is 0 Å². The number of terminal acetylenes is 1. The minimum atomic E-state index is 0.0611. The second-order valence-electron chi connectivity index (χ2n) is 3.29. The van der Waals surface area contributed by atoms with Gasteiger partial charge in [-0.25, -0.2) is 0 Å². The van der Waals surface area contributed by atoms with Crippen molar-refractivity contribution in [3.63, 3.8) is 0 Å². The molecule has 14 heavy (non-hydrogen) atoms. The summed E-state index contributed by atoms with van der Waals surface area (Å²) in [5.74, 6) is 2.64. The van der Waals surface area contributed by atoms with E-state index >= 15 is 0 Å². The van der Waals surface area contributed by atoms with Crippen LogP contribution in [-0.2, 0) is 0 Å². The third-order valence-electron chi connectivity index (χ3n) is 2.04.